The first kappa shape index (κ1) is 50.8. The number of carbonyl (C=O) groups excluding carboxylic acids is 1. The number of likely N-dealkylation sites (N-methyl/N-ethyl adjacent to an activating group) is 1. The third kappa shape index (κ3) is 12.1. The van der Waals surface area contributed by atoms with Crippen LogP contribution in [-0.4, -0.2) is 175 Å². The molecule has 5 N–H and O–H groups in total. The smallest absolute Gasteiger partial charge is 0.311 e. The van der Waals surface area contributed by atoms with Crippen molar-refractivity contribution in [1.29, 1.82) is 0 Å². The Morgan fingerprint density at radius 2 is 1.55 bits per heavy atom. The molecule has 0 aromatic carbocycles. The third-order valence-corrected chi connectivity index (χ3v) is 12.6. The summed E-state index contributed by atoms with van der Waals surface area (Å²) in [6.07, 6.45) is -9.49. The van der Waals surface area contributed by atoms with Gasteiger partial charge in [0.15, 0.2) is 12.6 Å². The number of esters is 1. The lowest BCUT2D eigenvalue weighted by atomic mass is 9.73. The van der Waals surface area contributed by atoms with Crippen LogP contribution in [0.4, 0.5) is 0 Å². The van der Waals surface area contributed by atoms with E-state index in [1.54, 1.807) is 55.6 Å². The predicted molar refractivity (Wildman–Crippen MR) is 212 cm³/mol. The van der Waals surface area contributed by atoms with Crippen LogP contribution in [0.1, 0.15) is 94.9 Å². The van der Waals surface area contributed by atoms with E-state index in [1.165, 1.54) is 14.0 Å². The fourth-order valence-corrected chi connectivity index (χ4v) is 8.93. The maximum Gasteiger partial charge on any atom is 0.311 e. The molecule has 3 heterocycles. The van der Waals surface area contributed by atoms with E-state index in [-0.39, 0.29) is 44.8 Å². The minimum Gasteiger partial charge on any atom is -0.459 e. The highest BCUT2D eigenvalue weighted by Gasteiger charge is 2.53. The van der Waals surface area contributed by atoms with Gasteiger partial charge in [0.25, 0.3) is 0 Å². The zero-order valence-electron chi connectivity index (χ0n) is 37.3. The first-order chi connectivity index (χ1) is 27.0. The molecule has 0 spiro atoms. The van der Waals surface area contributed by atoms with E-state index < -0.39 is 102 Å². The van der Waals surface area contributed by atoms with E-state index in [4.69, 9.17) is 42.7 Å². The molecule has 0 saturated carbocycles. The summed E-state index contributed by atoms with van der Waals surface area (Å²) in [5.41, 5.74) is -4.49. The lowest BCUT2D eigenvalue weighted by Gasteiger charge is -2.49. The lowest BCUT2D eigenvalue weighted by molar-refractivity contribution is -0.317. The summed E-state index contributed by atoms with van der Waals surface area (Å²) in [6, 6.07) is -0.328. The summed E-state index contributed by atoms with van der Waals surface area (Å²) >= 11 is 0. The fraction of sp³-hybridized carbons (Fsp3) is 0.951. The van der Waals surface area contributed by atoms with Crippen molar-refractivity contribution in [1.82, 2.24) is 4.90 Å². The minimum absolute atomic E-state index is 0.0307. The second-order valence-electron chi connectivity index (χ2n) is 17.7. The van der Waals surface area contributed by atoms with Gasteiger partial charge in [-0.05, 0) is 74.9 Å². The highest BCUT2D eigenvalue weighted by atomic mass is 16.7. The molecule has 3 aliphatic heterocycles. The molecule has 3 rings (SSSR count). The van der Waals surface area contributed by atoms with Crippen LogP contribution in [0.15, 0.2) is 5.16 Å². The number of cyclic esters (lactones) is 1. The van der Waals surface area contributed by atoms with Gasteiger partial charge in [-0.15, -0.1) is 0 Å². The molecule has 0 unspecified atom stereocenters. The molecule has 0 aromatic heterocycles. The predicted octanol–water partition coefficient (Wildman–Crippen LogP) is 2.21. The molecule has 3 saturated heterocycles. The van der Waals surface area contributed by atoms with Crippen LogP contribution >= 0.6 is 0 Å². The van der Waals surface area contributed by atoms with E-state index in [9.17, 15) is 30.3 Å². The molecule has 17 nitrogen and oxygen atoms in total. The topological polar surface area (TPSA) is 217 Å². The Bertz CT molecular complexity index is 1300. The summed E-state index contributed by atoms with van der Waals surface area (Å²) in [7, 11) is 6.76. The average Bonchev–Trinajstić information content (AvgIpc) is 3.15. The molecule has 3 aliphatic rings. The normalized spacial score (nSPS) is 45.8. The first-order valence-electron chi connectivity index (χ1n) is 20.8. The van der Waals surface area contributed by atoms with Crippen molar-refractivity contribution < 1.29 is 73.1 Å². The highest BCUT2D eigenvalue weighted by Crippen LogP contribution is 2.41. The SMILES string of the molecule is CC[C@@H]1OC(=O)[C@H](C)[C@H](O[C@@H]2C[C@](C)(OC)[C@H](O)[C@H](C)O2)[C@H](C)[C@H](O[C@@H]2O[C@H](C)C[C@H](N(C)C)[C@@H]2O)[C@](C)(O)C[C@H](C)/C(=N/OCOCCOC)[C@H](C)[C@H](O)[C@@]1(C)O. The van der Waals surface area contributed by atoms with Gasteiger partial charge in [0.05, 0.1) is 66.6 Å². The van der Waals surface area contributed by atoms with Gasteiger partial charge in [-0.25, -0.2) is 0 Å². The van der Waals surface area contributed by atoms with Crippen molar-refractivity contribution in [2.45, 2.75) is 179 Å². The van der Waals surface area contributed by atoms with Crippen LogP contribution in [0.25, 0.3) is 0 Å². The number of methoxy groups -OCH3 is 2. The van der Waals surface area contributed by atoms with E-state index in [0.717, 1.165) is 0 Å². The summed E-state index contributed by atoms with van der Waals surface area (Å²) in [4.78, 5) is 21.8. The molecule has 0 amide bonds. The van der Waals surface area contributed by atoms with Gasteiger partial charge in [0.1, 0.15) is 23.9 Å². The molecule has 18 atom stereocenters. The van der Waals surface area contributed by atoms with Gasteiger partial charge in [0.2, 0.25) is 6.79 Å². The van der Waals surface area contributed by atoms with Crippen molar-refractivity contribution in [3.05, 3.63) is 0 Å². The van der Waals surface area contributed by atoms with Crippen molar-refractivity contribution >= 4 is 11.7 Å². The van der Waals surface area contributed by atoms with Gasteiger partial charge >= 0.3 is 5.97 Å². The number of hydrogen-bond acceptors (Lipinski definition) is 17. The Morgan fingerprint density at radius 3 is 2.14 bits per heavy atom. The van der Waals surface area contributed by atoms with Crippen LogP contribution in [0, 0.1) is 23.7 Å². The van der Waals surface area contributed by atoms with Crippen molar-refractivity contribution in [3.8, 4) is 0 Å². The molecular formula is C41H76N2O15. The number of aliphatic hydroxyl groups is 5. The zero-order chi connectivity index (χ0) is 43.9. The monoisotopic (exact) mass is 837 g/mol. The second kappa shape index (κ2) is 21.5. The van der Waals surface area contributed by atoms with Gasteiger partial charge in [-0.1, -0.05) is 32.9 Å². The van der Waals surface area contributed by atoms with E-state index in [1.807, 2.05) is 32.8 Å². The quantitative estimate of drug-likeness (QED) is 0.0778. The van der Waals surface area contributed by atoms with Crippen LogP contribution in [0.3, 0.4) is 0 Å². The van der Waals surface area contributed by atoms with Crippen LogP contribution in [0.5, 0.6) is 0 Å². The molecular weight excluding hydrogens is 760 g/mol. The average molecular weight is 837 g/mol. The number of oxime groups is 1. The number of nitrogens with zero attached hydrogens (tertiary/aromatic N) is 2. The third-order valence-electron chi connectivity index (χ3n) is 12.6. The molecule has 58 heavy (non-hydrogen) atoms. The number of ether oxygens (including phenoxy) is 8. The van der Waals surface area contributed by atoms with Crippen LogP contribution < -0.4 is 0 Å². The summed E-state index contributed by atoms with van der Waals surface area (Å²) in [5, 5.41) is 63.6. The summed E-state index contributed by atoms with van der Waals surface area (Å²) in [6.45, 7) is 17.3. The van der Waals surface area contributed by atoms with Crippen molar-refractivity contribution in [3.63, 3.8) is 0 Å². The largest absolute Gasteiger partial charge is 0.459 e. The van der Waals surface area contributed by atoms with E-state index >= 15 is 0 Å². The Labute approximate surface area is 345 Å². The molecule has 0 bridgehead atoms. The van der Waals surface area contributed by atoms with Gasteiger partial charge in [-0.2, -0.15) is 0 Å². The zero-order valence-corrected chi connectivity index (χ0v) is 37.3. The highest BCUT2D eigenvalue weighted by molar-refractivity contribution is 5.88. The molecule has 0 aliphatic carbocycles. The van der Waals surface area contributed by atoms with E-state index in [0.29, 0.717) is 18.7 Å². The van der Waals surface area contributed by atoms with Gasteiger partial charge in [0, 0.05) is 44.4 Å². The summed E-state index contributed by atoms with van der Waals surface area (Å²) in [5.74, 6) is -4.14. The molecule has 17 heteroatoms. The lowest BCUT2D eigenvalue weighted by Crippen LogP contribution is -2.61. The van der Waals surface area contributed by atoms with Gasteiger partial charge in [-0.3, -0.25) is 4.79 Å². The van der Waals surface area contributed by atoms with Gasteiger partial charge < -0.3 is 73.2 Å². The second-order valence-corrected chi connectivity index (χ2v) is 17.7. The van der Waals surface area contributed by atoms with Crippen LogP contribution in [0.2, 0.25) is 0 Å². The number of hydrogen-bond donors (Lipinski definition) is 5. The number of aliphatic hydroxyl groups excluding tert-OH is 3. The summed E-state index contributed by atoms with van der Waals surface area (Å²) < 4.78 is 48.1. The number of carbonyl (C=O) groups is 1. The van der Waals surface area contributed by atoms with E-state index in [2.05, 4.69) is 5.16 Å². The Hall–Kier alpha value is -1.58. The Morgan fingerprint density at radius 1 is 0.897 bits per heavy atom. The maximum absolute atomic E-state index is 14.3. The molecule has 0 radical (unpaired) electrons. The van der Waals surface area contributed by atoms with Crippen molar-refractivity contribution in [2.75, 3.05) is 48.3 Å². The Balaban J connectivity index is 2.22. The molecule has 340 valence electrons. The van der Waals surface area contributed by atoms with Crippen LogP contribution in [-0.2, 0) is 47.5 Å². The fourth-order valence-electron chi connectivity index (χ4n) is 8.93. The Kier molecular flexibility index (Phi) is 18.8. The first-order valence-corrected chi connectivity index (χ1v) is 20.8. The number of rotatable bonds is 13. The molecule has 3 fully saturated rings. The standard InChI is InChI=1S/C41H76N2O15/c1-15-29-41(10,49)34(45)24(4)31(42-53-21-52-17-16-50-13)22(2)19-39(8,48)36(58-38-32(44)28(43(11)12)18-23(3)54-38)25(5)33(26(6)37(47)56-29)57-30-20-40(9,51-14)35(46)27(7)55-30/h22-30,32-36,38,44-46,48-49H,15-21H2,1-14H3/b42-31-/t22-,23+,24-,25-,26+,27-,28-,29-,30+,32-,33+,34-,35+,36-,38-,39+,40-,41-/m0/s1. The maximum atomic E-state index is 14.3. The molecule has 0 aromatic rings. The van der Waals surface area contributed by atoms with Crippen molar-refractivity contribution in [2.24, 2.45) is 28.8 Å². The minimum atomic E-state index is -1.97.